The molecule has 0 radical (unpaired) electrons. The van der Waals surface area contributed by atoms with E-state index in [0.29, 0.717) is 18.7 Å². The van der Waals surface area contributed by atoms with Crippen LogP contribution in [0, 0.1) is 10.1 Å². The van der Waals surface area contributed by atoms with Crippen molar-refractivity contribution in [1.29, 1.82) is 0 Å². The number of ether oxygens (including phenoxy) is 1. The van der Waals surface area contributed by atoms with E-state index in [1.165, 1.54) is 17.0 Å². The summed E-state index contributed by atoms with van der Waals surface area (Å²) in [6, 6.07) is 5.92. The highest BCUT2D eigenvalue weighted by Gasteiger charge is 2.28. The number of nitrogens with two attached hydrogens (primary N) is 1. The maximum Gasteiger partial charge on any atom is 0.410 e. The molecular formula is C11H13N3O4. The predicted octanol–water partition coefficient (Wildman–Crippen LogP) is 0.874. The van der Waals surface area contributed by atoms with Gasteiger partial charge >= 0.3 is 6.09 Å². The minimum atomic E-state index is -0.475. The van der Waals surface area contributed by atoms with Crippen molar-refractivity contribution in [2.24, 2.45) is 5.73 Å². The number of nitro benzene ring substituents is 1. The van der Waals surface area contributed by atoms with Crippen molar-refractivity contribution in [2.45, 2.75) is 12.6 Å². The van der Waals surface area contributed by atoms with Crippen LogP contribution in [0.5, 0.6) is 0 Å². The van der Waals surface area contributed by atoms with Gasteiger partial charge in [-0.2, -0.15) is 0 Å². The first-order valence-electron chi connectivity index (χ1n) is 5.47. The summed E-state index contributed by atoms with van der Waals surface area (Å²) in [4.78, 5) is 22.9. The molecule has 1 amide bonds. The second kappa shape index (κ2) is 5.01. The molecule has 1 aliphatic rings. The largest absolute Gasteiger partial charge is 0.445 e. The third-order valence-electron chi connectivity index (χ3n) is 2.68. The number of hydrogen-bond acceptors (Lipinski definition) is 5. The standard InChI is InChI=1S/C11H13N3O4/c12-9-5-13(6-9)11(15)18-7-8-1-3-10(4-2-8)14(16)17/h1-4,9H,5-7,12H2. The van der Waals surface area contributed by atoms with Gasteiger partial charge in [0.05, 0.1) is 4.92 Å². The van der Waals surface area contributed by atoms with E-state index in [9.17, 15) is 14.9 Å². The Kier molecular flexibility index (Phi) is 3.42. The summed E-state index contributed by atoms with van der Waals surface area (Å²) < 4.78 is 5.04. The monoisotopic (exact) mass is 251 g/mol. The lowest BCUT2D eigenvalue weighted by Crippen LogP contribution is -2.57. The number of nitro groups is 1. The van der Waals surface area contributed by atoms with Crippen LogP contribution in [-0.4, -0.2) is 35.0 Å². The summed E-state index contributed by atoms with van der Waals surface area (Å²) in [5.74, 6) is 0. The van der Waals surface area contributed by atoms with Gasteiger partial charge < -0.3 is 15.4 Å². The van der Waals surface area contributed by atoms with Gasteiger partial charge in [-0.25, -0.2) is 4.79 Å². The molecule has 18 heavy (non-hydrogen) atoms. The van der Waals surface area contributed by atoms with Crippen LogP contribution in [0.2, 0.25) is 0 Å². The molecule has 1 fully saturated rings. The highest BCUT2D eigenvalue weighted by molar-refractivity contribution is 5.68. The lowest BCUT2D eigenvalue weighted by atomic mass is 10.1. The molecule has 7 heteroatoms. The van der Waals surface area contributed by atoms with Gasteiger partial charge in [0.25, 0.3) is 5.69 Å². The summed E-state index contributed by atoms with van der Waals surface area (Å²) in [6.07, 6.45) is -0.407. The van der Waals surface area contributed by atoms with Crippen LogP contribution in [-0.2, 0) is 11.3 Å². The van der Waals surface area contributed by atoms with E-state index in [1.54, 1.807) is 12.1 Å². The van der Waals surface area contributed by atoms with Crippen LogP contribution in [0.25, 0.3) is 0 Å². The van der Waals surface area contributed by atoms with Gasteiger partial charge in [-0.3, -0.25) is 10.1 Å². The summed E-state index contributed by atoms with van der Waals surface area (Å²) in [6.45, 7) is 1.13. The highest BCUT2D eigenvalue weighted by atomic mass is 16.6. The Hall–Kier alpha value is -2.15. The van der Waals surface area contributed by atoms with Crippen molar-refractivity contribution in [2.75, 3.05) is 13.1 Å². The lowest BCUT2D eigenvalue weighted by Gasteiger charge is -2.35. The van der Waals surface area contributed by atoms with Gasteiger partial charge in [0, 0.05) is 31.3 Å². The second-order valence-electron chi connectivity index (χ2n) is 4.14. The fourth-order valence-electron chi connectivity index (χ4n) is 1.61. The highest BCUT2D eigenvalue weighted by Crippen LogP contribution is 2.14. The fraction of sp³-hybridized carbons (Fsp3) is 0.364. The Bertz CT molecular complexity index is 454. The summed E-state index contributed by atoms with van der Waals surface area (Å²) in [5.41, 5.74) is 6.27. The molecule has 2 rings (SSSR count). The molecule has 2 N–H and O–H groups in total. The Morgan fingerprint density at radius 1 is 1.44 bits per heavy atom. The van der Waals surface area contributed by atoms with Crippen molar-refractivity contribution in [1.82, 2.24) is 4.90 Å². The van der Waals surface area contributed by atoms with Gasteiger partial charge in [0.1, 0.15) is 6.61 Å². The second-order valence-corrected chi connectivity index (χ2v) is 4.14. The molecule has 7 nitrogen and oxygen atoms in total. The Morgan fingerprint density at radius 2 is 2.06 bits per heavy atom. The van der Waals surface area contributed by atoms with E-state index in [1.807, 2.05) is 0 Å². The topological polar surface area (TPSA) is 98.7 Å². The number of hydrogen-bond donors (Lipinski definition) is 1. The number of non-ortho nitro benzene ring substituents is 1. The molecule has 1 heterocycles. The van der Waals surface area contributed by atoms with Crippen LogP contribution >= 0.6 is 0 Å². The number of rotatable bonds is 3. The van der Waals surface area contributed by atoms with Crippen LogP contribution in [0.15, 0.2) is 24.3 Å². The molecule has 1 aromatic rings. The molecular weight excluding hydrogens is 238 g/mol. The summed E-state index contributed by atoms with van der Waals surface area (Å²) >= 11 is 0. The van der Waals surface area contributed by atoms with E-state index in [2.05, 4.69) is 0 Å². The van der Waals surface area contributed by atoms with Gasteiger partial charge in [-0.1, -0.05) is 0 Å². The predicted molar refractivity (Wildman–Crippen MR) is 62.8 cm³/mol. The van der Waals surface area contributed by atoms with Gasteiger partial charge in [-0.15, -0.1) is 0 Å². The Balaban J connectivity index is 1.83. The number of benzene rings is 1. The quantitative estimate of drug-likeness (QED) is 0.635. The minimum Gasteiger partial charge on any atom is -0.445 e. The average Bonchev–Trinajstić information content (AvgIpc) is 2.32. The number of nitrogens with zero attached hydrogens (tertiary/aromatic N) is 2. The molecule has 0 saturated carbocycles. The molecule has 0 unspecified atom stereocenters. The smallest absolute Gasteiger partial charge is 0.410 e. The van der Waals surface area contributed by atoms with Crippen molar-refractivity contribution < 1.29 is 14.5 Å². The zero-order valence-electron chi connectivity index (χ0n) is 9.61. The molecule has 1 aromatic carbocycles. The molecule has 0 aromatic heterocycles. The van der Waals surface area contributed by atoms with E-state index < -0.39 is 11.0 Å². The Morgan fingerprint density at radius 3 is 2.56 bits per heavy atom. The van der Waals surface area contributed by atoms with Gasteiger partial charge in [-0.05, 0) is 17.7 Å². The van der Waals surface area contributed by atoms with Crippen LogP contribution in [0.3, 0.4) is 0 Å². The van der Waals surface area contributed by atoms with E-state index in [4.69, 9.17) is 10.5 Å². The molecule has 0 aliphatic carbocycles. The average molecular weight is 251 g/mol. The number of likely N-dealkylation sites (tertiary alicyclic amines) is 1. The SMILES string of the molecule is NC1CN(C(=O)OCc2ccc([N+](=O)[O-])cc2)C1. The fourth-order valence-corrected chi connectivity index (χ4v) is 1.61. The zero-order valence-corrected chi connectivity index (χ0v) is 9.61. The molecule has 96 valence electrons. The normalized spacial score (nSPS) is 15.1. The first-order valence-corrected chi connectivity index (χ1v) is 5.47. The van der Waals surface area contributed by atoms with Crippen LogP contribution in [0.1, 0.15) is 5.56 Å². The third-order valence-corrected chi connectivity index (χ3v) is 2.68. The maximum atomic E-state index is 11.5. The molecule has 0 atom stereocenters. The van der Waals surface area contributed by atoms with Crippen molar-refractivity contribution in [3.63, 3.8) is 0 Å². The molecule has 0 spiro atoms. The summed E-state index contributed by atoms with van der Waals surface area (Å²) in [5, 5.41) is 10.4. The minimum absolute atomic E-state index is 0.0128. The molecule has 1 saturated heterocycles. The van der Waals surface area contributed by atoms with E-state index in [0.717, 1.165) is 0 Å². The molecule has 1 aliphatic heterocycles. The van der Waals surface area contributed by atoms with Crippen LogP contribution in [0.4, 0.5) is 10.5 Å². The van der Waals surface area contributed by atoms with Gasteiger partial charge in [0.15, 0.2) is 0 Å². The number of carbonyl (C=O) groups excluding carboxylic acids is 1. The van der Waals surface area contributed by atoms with Crippen molar-refractivity contribution >= 4 is 11.8 Å². The number of amides is 1. The van der Waals surface area contributed by atoms with E-state index in [-0.39, 0.29) is 18.3 Å². The van der Waals surface area contributed by atoms with Gasteiger partial charge in [0.2, 0.25) is 0 Å². The first kappa shape index (κ1) is 12.3. The Labute approximate surface area is 103 Å². The summed E-state index contributed by atoms with van der Waals surface area (Å²) in [7, 11) is 0. The third kappa shape index (κ3) is 2.75. The van der Waals surface area contributed by atoms with Crippen molar-refractivity contribution in [3.05, 3.63) is 39.9 Å². The van der Waals surface area contributed by atoms with E-state index >= 15 is 0 Å². The van der Waals surface area contributed by atoms with Crippen LogP contribution < -0.4 is 5.73 Å². The zero-order chi connectivity index (χ0) is 13.1. The lowest BCUT2D eigenvalue weighted by molar-refractivity contribution is -0.384. The first-order chi connectivity index (χ1) is 8.56. The van der Waals surface area contributed by atoms with Crippen molar-refractivity contribution in [3.8, 4) is 0 Å². The molecule has 0 bridgehead atoms. The number of carbonyl (C=O) groups is 1. The maximum absolute atomic E-state index is 11.5.